The fourth-order valence-electron chi connectivity index (χ4n) is 1.51. The molecule has 1 aliphatic heterocycles. The van der Waals surface area contributed by atoms with Crippen molar-refractivity contribution < 1.29 is 4.74 Å². The molecule has 5 nitrogen and oxygen atoms in total. The molecular weight excluding hydrogens is 260 g/mol. The summed E-state index contributed by atoms with van der Waals surface area (Å²) in [6, 6.07) is 1.69. The van der Waals surface area contributed by atoms with E-state index in [1.165, 1.54) is 0 Å². The number of nitrogens with two attached hydrogens (primary N) is 1. The SMILES string of the molecule is Nc1cc(Br)nc(N2CCCOCC2)n1. The number of hydrogen-bond acceptors (Lipinski definition) is 5. The minimum Gasteiger partial charge on any atom is -0.383 e. The highest BCUT2D eigenvalue weighted by Gasteiger charge is 2.13. The van der Waals surface area contributed by atoms with Crippen LogP contribution in [0.2, 0.25) is 0 Å². The molecule has 15 heavy (non-hydrogen) atoms. The highest BCUT2D eigenvalue weighted by atomic mass is 79.9. The van der Waals surface area contributed by atoms with Gasteiger partial charge in [0, 0.05) is 25.8 Å². The number of halogens is 1. The van der Waals surface area contributed by atoms with Crippen molar-refractivity contribution >= 4 is 27.7 Å². The van der Waals surface area contributed by atoms with E-state index in [0.29, 0.717) is 11.8 Å². The van der Waals surface area contributed by atoms with E-state index in [1.54, 1.807) is 6.07 Å². The van der Waals surface area contributed by atoms with Crippen LogP contribution in [0, 0.1) is 0 Å². The number of hydrogen-bond donors (Lipinski definition) is 1. The smallest absolute Gasteiger partial charge is 0.228 e. The minimum absolute atomic E-state index is 0.483. The molecule has 1 aromatic heterocycles. The molecule has 1 fully saturated rings. The lowest BCUT2D eigenvalue weighted by Crippen LogP contribution is -2.28. The van der Waals surface area contributed by atoms with Gasteiger partial charge >= 0.3 is 0 Å². The highest BCUT2D eigenvalue weighted by Crippen LogP contribution is 2.16. The summed E-state index contributed by atoms with van der Waals surface area (Å²) in [6.45, 7) is 3.25. The van der Waals surface area contributed by atoms with E-state index in [4.69, 9.17) is 10.5 Å². The normalized spacial score (nSPS) is 17.5. The Morgan fingerprint density at radius 2 is 2.20 bits per heavy atom. The lowest BCUT2D eigenvalue weighted by atomic mass is 10.4. The predicted octanol–water partition coefficient (Wildman–Crippen LogP) is 1.05. The first-order chi connectivity index (χ1) is 7.25. The maximum atomic E-state index is 5.67. The Morgan fingerprint density at radius 3 is 3.00 bits per heavy atom. The number of anilines is 2. The quantitative estimate of drug-likeness (QED) is 0.775. The van der Waals surface area contributed by atoms with Crippen molar-refractivity contribution in [3.8, 4) is 0 Å². The molecule has 6 heteroatoms. The zero-order valence-corrected chi connectivity index (χ0v) is 9.90. The average Bonchev–Trinajstić information content (AvgIpc) is 2.43. The zero-order chi connectivity index (χ0) is 10.7. The molecule has 0 aliphatic carbocycles. The van der Waals surface area contributed by atoms with Crippen molar-refractivity contribution in [2.75, 3.05) is 36.9 Å². The second-order valence-corrected chi connectivity index (χ2v) is 4.18. The van der Waals surface area contributed by atoms with Gasteiger partial charge in [-0.1, -0.05) is 0 Å². The van der Waals surface area contributed by atoms with Crippen LogP contribution in [0.15, 0.2) is 10.7 Å². The summed E-state index contributed by atoms with van der Waals surface area (Å²) >= 11 is 3.31. The lowest BCUT2D eigenvalue weighted by Gasteiger charge is -2.19. The summed E-state index contributed by atoms with van der Waals surface area (Å²) in [6.07, 6.45) is 0.996. The molecule has 0 atom stereocenters. The van der Waals surface area contributed by atoms with Crippen molar-refractivity contribution in [1.29, 1.82) is 0 Å². The Bertz CT molecular complexity index is 319. The van der Waals surface area contributed by atoms with E-state index >= 15 is 0 Å². The second-order valence-electron chi connectivity index (χ2n) is 3.37. The van der Waals surface area contributed by atoms with Crippen LogP contribution in [-0.2, 0) is 4.74 Å². The topological polar surface area (TPSA) is 64.3 Å². The molecule has 1 aliphatic rings. The van der Waals surface area contributed by atoms with Gasteiger partial charge in [-0.3, -0.25) is 0 Å². The lowest BCUT2D eigenvalue weighted by molar-refractivity contribution is 0.152. The Labute approximate surface area is 96.8 Å². The number of rotatable bonds is 1. The number of nitrogens with zero attached hydrogens (tertiary/aromatic N) is 3. The Hall–Kier alpha value is -0.880. The third kappa shape index (κ3) is 2.79. The van der Waals surface area contributed by atoms with Gasteiger partial charge in [0.15, 0.2) is 0 Å². The largest absolute Gasteiger partial charge is 0.383 e. The van der Waals surface area contributed by atoms with Gasteiger partial charge in [-0.05, 0) is 22.4 Å². The van der Waals surface area contributed by atoms with Crippen LogP contribution in [0.3, 0.4) is 0 Å². The van der Waals surface area contributed by atoms with Crippen molar-refractivity contribution in [2.24, 2.45) is 0 Å². The van der Waals surface area contributed by atoms with Crippen LogP contribution >= 0.6 is 15.9 Å². The molecule has 0 aromatic carbocycles. The molecule has 0 bridgehead atoms. The van der Waals surface area contributed by atoms with Gasteiger partial charge in [0.2, 0.25) is 5.95 Å². The summed E-state index contributed by atoms with van der Waals surface area (Å²) in [5.41, 5.74) is 5.67. The van der Waals surface area contributed by atoms with E-state index in [2.05, 4.69) is 30.8 Å². The van der Waals surface area contributed by atoms with Crippen molar-refractivity contribution in [2.45, 2.75) is 6.42 Å². The van der Waals surface area contributed by atoms with Crippen LogP contribution in [0.4, 0.5) is 11.8 Å². The fourth-order valence-corrected chi connectivity index (χ4v) is 1.90. The summed E-state index contributed by atoms with van der Waals surface area (Å²) in [7, 11) is 0. The maximum absolute atomic E-state index is 5.67. The van der Waals surface area contributed by atoms with Crippen LogP contribution in [-0.4, -0.2) is 36.3 Å². The third-order valence-corrected chi connectivity index (χ3v) is 2.61. The molecule has 2 N–H and O–H groups in total. The average molecular weight is 273 g/mol. The van der Waals surface area contributed by atoms with Gasteiger partial charge in [0.05, 0.1) is 6.61 Å². The molecular formula is C9H13BrN4O. The van der Waals surface area contributed by atoms with E-state index in [1.807, 2.05) is 0 Å². The summed E-state index contributed by atoms with van der Waals surface area (Å²) in [5, 5.41) is 0. The number of nitrogen functional groups attached to an aromatic ring is 1. The molecule has 1 aromatic rings. The first-order valence-corrected chi connectivity index (χ1v) is 5.68. The van der Waals surface area contributed by atoms with Gasteiger partial charge in [-0.25, -0.2) is 4.98 Å². The third-order valence-electron chi connectivity index (χ3n) is 2.21. The molecule has 1 saturated heterocycles. The van der Waals surface area contributed by atoms with Crippen LogP contribution < -0.4 is 10.6 Å². The molecule has 0 unspecified atom stereocenters. The first-order valence-electron chi connectivity index (χ1n) is 4.88. The maximum Gasteiger partial charge on any atom is 0.228 e. The summed E-state index contributed by atoms with van der Waals surface area (Å²) in [5.74, 6) is 1.16. The molecule has 0 spiro atoms. The van der Waals surface area contributed by atoms with E-state index in [0.717, 1.165) is 37.3 Å². The van der Waals surface area contributed by atoms with Crippen LogP contribution in [0.25, 0.3) is 0 Å². The van der Waals surface area contributed by atoms with E-state index in [9.17, 15) is 0 Å². The molecule has 0 radical (unpaired) electrons. The number of ether oxygens (including phenoxy) is 1. The van der Waals surface area contributed by atoms with Gasteiger partial charge < -0.3 is 15.4 Å². The van der Waals surface area contributed by atoms with Crippen LogP contribution in [0.5, 0.6) is 0 Å². The first kappa shape index (κ1) is 10.6. The fraction of sp³-hybridized carbons (Fsp3) is 0.556. The zero-order valence-electron chi connectivity index (χ0n) is 8.32. The predicted molar refractivity (Wildman–Crippen MR) is 61.8 cm³/mol. The van der Waals surface area contributed by atoms with Crippen molar-refractivity contribution in [3.63, 3.8) is 0 Å². The minimum atomic E-state index is 0.483. The molecule has 0 amide bonds. The molecule has 82 valence electrons. The second kappa shape index (κ2) is 4.76. The number of aromatic nitrogens is 2. The van der Waals surface area contributed by atoms with E-state index in [-0.39, 0.29) is 0 Å². The van der Waals surface area contributed by atoms with Crippen LogP contribution in [0.1, 0.15) is 6.42 Å². The van der Waals surface area contributed by atoms with E-state index < -0.39 is 0 Å². The highest BCUT2D eigenvalue weighted by molar-refractivity contribution is 9.10. The Kier molecular flexibility index (Phi) is 3.37. The summed E-state index contributed by atoms with van der Waals surface area (Å²) < 4.78 is 6.08. The molecule has 0 saturated carbocycles. The monoisotopic (exact) mass is 272 g/mol. The van der Waals surface area contributed by atoms with Crippen molar-refractivity contribution in [1.82, 2.24) is 9.97 Å². The van der Waals surface area contributed by atoms with Gasteiger partial charge in [-0.15, -0.1) is 0 Å². The van der Waals surface area contributed by atoms with Crippen molar-refractivity contribution in [3.05, 3.63) is 10.7 Å². The molecule has 2 heterocycles. The summed E-state index contributed by atoms with van der Waals surface area (Å²) in [4.78, 5) is 10.6. The Balaban J connectivity index is 2.19. The van der Waals surface area contributed by atoms with Gasteiger partial charge in [-0.2, -0.15) is 4.98 Å². The Morgan fingerprint density at radius 1 is 1.33 bits per heavy atom. The molecule has 2 rings (SSSR count). The van der Waals surface area contributed by atoms with Gasteiger partial charge in [0.1, 0.15) is 10.4 Å². The standard InChI is InChI=1S/C9H13BrN4O/c10-7-6-8(11)13-9(12-7)14-2-1-4-15-5-3-14/h6H,1-5H2,(H2,11,12,13). The van der Waals surface area contributed by atoms with Gasteiger partial charge in [0.25, 0.3) is 0 Å².